The van der Waals surface area contributed by atoms with Gasteiger partial charge in [0.25, 0.3) is 0 Å². The summed E-state index contributed by atoms with van der Waals surface area (Å²) in [5, 5.41) is 3.42. The van der Waals surface area contributed by atoms with Crippen LogP contribution in [-0.2, 0) is 4.74 Å². The fraction of sp³-hybridized carbons (Fsp3) is 0.625. The van der Waals surface area contributed by atoms with E-state index in [2.05, 4.69) is 64.3 Å². The molecule has 0 saturated carbocycles. The van der Waals surface area contributed by atoms with Crippen LogP contribution in [0.15, 0.2) is 28.7 Å². The molecule has 0 bridgehead atoms. The zero-order valence-corrected chi connectivity index (χ0v) is 14.6. The monoisotopic (exact) mass is 342 g/mol. The van der Waals surface area contributed by atoms with Gasteiger partial charge in [-0.1, -0.05) is 35.0 Å². The van der Waals surface area contributed by atoms with Gasteiger partial charge in [0.15, 0.2) is 0 Å². The van der Waals surface area contributed by atoms with Crippen LogP contribution < -0.4 is 5.32 Å². The molecule has 4 heteroatoms. The molecule has 1 rings (SSSR count). The third-order valence-electron chi connectivity index (χ3n) is 3.74. The lowest BCUT2D eigenvalue weighted by atomic mass is 10.0. The first kappa shape index (κ1) is 17.6. The Morgan fingerprint density at radius 3 is 2.70 bits per heavy atom. The van der Waals surface area contributed by atoms with Crippen molar-refractivity contribution < 1.29 is 4.74 Å². The van der Waals surface area contributed by atoms with Gasteiger partial charge in [-0.25, -0.2) is 0 Å². The van der Waals surface area contributed by atoms with Crippen LogP contribution in [0, 0.1) is 0 Å². The lowest BCUT2D eigenvalue weighted by Crippen LogP contribution is -2.38. The van der Waals surface area contributed by atoms with Gasteiger partial charge in [-0.2, -0.15) is 0 Å². The molecule has 0 radical (unpaired) electrons. The molecule has 20 heavy (non-hydrogen) atoms. The Kier molecular flexibility index (Phi) is 8.38. The van der Waals surface area contributed by atoms with Crippen LogP contribution in [0.4, 0.5) is 0 Å². The highest BCUT2D eigenvalue weighted by molar-refractivity contribution is 9.10. The maximum absolute atomic E-state index is 5.26. The molecule has 0 aliphatic heterocycles. The van der Waals surface area contributed by atoms with Gasteiger partial charge in [-0.3, -0.25) is 4.90 Å². The molecule has 1 aromatic rings. The number of hydrogen-bond donors (Lipinski definition) is 1. The number of rotatable bonds is 9. The zero-order valence-electron chi connectivity index (χ0n) is 13.0. The highest BCUT2D eigenvalue weighted by Gasteiger charge is 2.15. The van der Waals surface area contributed by atoms with Crippen LogP contribution in [0.25, 0.3) is 0 Å². The van der Waals surface area contributed by atoms with E-state index in [4.69, 9.17) is 4.74 Å². The lowest BCUT2D eigenvalue weighted by Gasteiger charge is -2.29. The van der Waals surface area contributed by atoms with Crippen molar-refractivity contribution >= 4 is 15.9 Å². The molecule has 114 valence electrons. The number of likely N-dealkylation sites (N-methyl/N-ethyl adjacent to an activating group) is 1. The van der Waals surface area contributed by atoms with Gasteiger partial charge < -0.3 is 10.1 Å². The molecule has 0 amide bonds. The minimum Gasteiger partial charge on any atom is -0.383 e. The molecule has 0 aromatic heterocycles. The summed E-state index contributed by atoms with van der Waals surface area (Å²) in [4.78, 5) is 2.46. The summed E-state index contributed by atoms with van der Waals surface area (Å²) in [7, 11) is 3.79. The van der Waals surface area contributed by atoms with Gasteiger partial charge in [0, 0.05) is 30.2 Å². The molecule has 0 fully saturated rings. The molecule has 0 aliphatic rings. The van der Waals surface area contributed by atoms with Gasteiger partial charge in [-0.05, 0) is 44.6 Å². The second-order valence-electron chi connectivity index (χ2n) is 5.12. The van der Waals surface area contributed by atoms with Crippen molar-refractivity contribution in [3.05, 3.63) is 34.3 Å². The number of halogens is 1. The van der Waals surface area contributed by atoms with E-state index in [1.54, 1.807) is 7.11 Å². The van der Waals surface area contributed by atoms with Crippen molar-refractivity contribution in [2.45, 2.75) is 32.4 Å². The number of benzene rings is 1. The number of hydrogen-bond acceptors (Lipinski definition) is 3. The zero-order chi connectivity index (χ0) is 15.0. The second kappa shape index (κ2) is 9.50. The molecule has 1 aromatic carbocycles. The molecular formula is C16H27BrN2O. The number of nitrogens with zero attached hydrogens (tertiary/aromatic N) is 1. The van der Waals surface area contributed by atoms with Crippen LogP contribution in [0.2, 0.25) is 0 Å². The third kappa shape index (κ3) is 5.52. The molecule has 1 N–H and O–H groups in total. The summed E-state index contributed by atoms with van der Waals surface area (Å²) in [6.07, 6.45) is 1.09. The second-order valence-corrected chi connectivity index (χ2v) is 6.03. The summed E-state index contributed by atoms with van der Waals surface area (Å²) in [6.45, 7) is 7.34. The van der Waals surface area contributed by atoms with Crippen LogP contribution in [0.5, 0.6) is 0 Å². The van der Waals surface area contributed by atoms with Crippen LogP contribution in [0.3, 0.4) is 0 Å². The molecule has 3 nitrogen and oxygen atoms in total. The Balaban J connectivity index is 2.60. The number of ether oxygens (including phenoxy) is 1. The van der Waals surface area contributed by atoms with E-state index in [0.29, 0.717) is 12.1 Å². The Bertz CT molecular complexity index is 386. The molecule has 0 heterocycles. The molecule has 0 spiro atoms. The fourth-order valence-electron chi connectivity index (χ4n) is 2.53. The van der Waals surface area contributed by atoms with Gasteiger partial charge in [0.1, 0.15) is 0 Å². The largest absolute Gasteiger partial charge is 0.383 e. The van der Waals surface area contributed by atoms with E-state index in [9.17, 15) is 0 Å². The Hall–Kier alpha value is -0.420. The van der Waals surface area contributed by atoms with Gasteiger partial charge in [-0.15, -0.1) is 0 Å². The highest BCUT2D eigenvalue weighted by Crippen LogP contribution is 2.21. The van der Waals surface area contributed by atoms with Crippen molar-refractivity contribution in [2.75, 3.05) is 33.9 Å². The first-order chi connectivity index (χ1) is 9.62. The first-order valence-corrected chi connectivity index (χ1v) is 8.07. The van der Waals surface area contributed by atoms with E-state index in [-0.39, 0.29) is 0 Å². The van der Waals surface area contributed by atoms with Crippen molar-refractivity contribution in [2.24, 2.45) is 0 Å². The Morgan fingerprint density at radius 2 is 2.15 bits per heavy atom. The van der Waals surface area contributed by atoms with E-state index in [1.165, 1.54) is 5.56 Å². The van der Waals surface area contributed by atoms with E-state index >= 15 is 0 Å². The highest BCUT2D eigenvalue weighted by atomic mass is 79.9. The summed E-state index contributed by atoms with van der Waals surface area (Å²) in [6, 6.07) is 9.38. The van der Waals surface area contributed by atoms with Crippen molar-refractivity contribution in [3.63, 3.8) is 0 Å². The summed E-state index contributed by atoms with van der Waals surface area (Å²) in [5.41, 5.74) is 1.33. The standard InChI is InChI=1S/C16H27BrN2O/c1-5-19(13(2)12-20-4)10-9-16(18-3)14-7-6-8-15(17)11-14/h6-8,11,13,16,18H,5,9-10,12H2,1-4H3. The first-order valence-electron chi connectivity index (χ1n) is 7.28. The average Bonchev–Trinajstić information content (AvgIpc) is 2.44. The third-order valence-corrected chi connectivity index (χ3v) is 4.24. The minimum atomic E-state index is 0.385. The van der Waals surface area contributed by atoms with Crippen LogP contribution in [-0.4, -0.2) is 44.8 Å². The maximum Gasteiger partial charge on any atom is 0.0615 e. The van der Waals surface area contributed by atoms with Crippen LogP contribution >= 0.6 is 15.9 Å². The smallest absolute Gasteiger partial charge is 0.0615 e. The minimum absolute atomic E-state index is 0.385. The maximum atomic E-state index is 5.26. The number of methoxy groups -OCH3 is 1. The summed E-state index contributed by atoms with van der Waals surface area (Å²) >= 11 is 3.54. The van der Waals surface area contributed by atoms with Gasteiger partial charge >= 0.3 is 0 Å². The van der Waals surface area contributed by atoms with E-state index < -0.39 is 0 Å². The van der Waals surface area contributed by atoms with Crippen LogP contribution in [0.1, 0.15) is 31.9 Å². The van der Waals surface area contributed by atoms with E-state index in [1.807, 2.05) is 7.05 Å². The average molecular weight is 343 g/mol. The van der Waals surface area contributed by atoms with Crippen molar-refractivity contribution in [1.29, 1.82) is 0 Å². The molecule has 0 aliphatic carbocycles. The van der Waals surface area contributed by atoms with E-state index in [0.717, 1.165) is 30.6 Å². The predicted octanol–water partition coefficient (Wildman–Crippen LogP) is 3.46. The Morgan fingerprint density at radius 1 is 1.40 bits per heavy atom. The van der Waals surface area contributed by atoms with Gasteiger partial charge in [0.2, 0.25) is 0 Å². The van der Waals surface area contributed by atoms with Gasteiger partial charge in [0.05, 0.1) is 6.61 Å². The van der Waals surface area contributed by atoms with Crippen molar-refractivity contribution in [1.82, 2.24) is 10.2 Å². The Labute approximate surface area is 131 Å². The molecular weight excluding hydrogens is 316 g/mol. The fourth-order valence-corrected chi connectivity index (χ4v) is 2.95. The molecule has 2 unspecified atom stereocenters. The normalized spacial score (nSPS) is 14.5. The summed E-state index contributed by atoms with van der Waals surface area (Å²) < 4.78 is 6.39. The SMILES string of the molecule is CCN(CCC(NC)c1cccc(Br)c1)C(C)COC. The quantitative estimate of drug-likeness (QED) is 0.743. The molecule has 2 atom stereocenters. The predicted molar refractivity (Wildman–Crippen MR) is 89.1 cm³/mol. The number of nitrogens with one attached hydrogen (secondary N) is 1. The lowest BCUT2D eigenvalue weighted by molar-refractivity contribution is 0.0998. The molecule has 0 saturated heterocycles. The summed E-state index contributed by atoms with van der Waals surface area (Å²) in [5.74, 6) is 0. The topological polar surface area (TPSA) is 24.5 Å². The van der Waals surface area contributed by atoms with Crippen molar-refractivity contribution in [3.8, 4) is 0 Å².